The second-order valence-electron chi connectivity index (χ2n) is 5.71. The van der Waals surface area contributed by atoms with Gasteiger partial charge in [0, 0.05) is 22.9 Å². The lowest BCUT2D eigenvalue weighted by Gasteiger charge is -2.12. The monoisotopic (exact) mass is 348 g/mol. The number of hydrogen-bond donors (Lipinski definition) is 0. The number of carbonyl (C=O) groups excluding carboxylic acids is 2. The Bertz CT molecular complexity index is 1060. The summed E-state index contributed by atoms with van der Waals surface area (Å²) in [6, 6.07) is 15.3. The van der Waals surface area contributed by atoms with Crippen molar-refractivity contribution in [2.24, 2.45) is 0 Å². The SMILES string of the molecule is C=C(Cc1c(C(=O)c2ccccc2)c(=O)oc2ccccc12)C(=O)OC. The Balaban J connectivity index is 2.24. The lowest BCUT2D eigenvalue weighted by Crippen LogP contribution is -2.20. The van der Waals surface area contributed by atoms with Crippen molar-refractivity contribution in [3.63, 3.8) is 0 Å². The Morgan fingerprint density at radius 2 is 1.69 bits per heavy atom. The number of rotatable bonds is 5. The molecule has 0 N–H and O–H groups in total. The van der Waals surface area contributed by atoms with E-state index in [4.69, 9.17) is 4.42 Å². The fourth-order valence-corrected chi connectivity index (χ4v) is 2.79. The molecule has 2 aromatic carbocycles. The zero-order valence-corrected chi connectivity index (χ0v) is 14.2. The molecule has 0 amide bonds. The van der Waals surface area contributed by atoms with Gasteiger partial charge in [0.1, 0.15) is 11.1 Å². The topological polar surface area (TPSA) is 73.6 Å². The minimum Gasteiger partial charge on any atom is -0.466 e. The van der Waals surface area contributed by atoms with Crippen LogP contribution < -0.4 is 5.63 Å². The zero-order valence-electron chi connectivity index (χ0n) is 14.2. The Labute approximate surface area is 149 Å². The molecule has 0 aliphatic heterocycles. The maximum Gasteiger partial charge on any atom is 0.347 e. The number of para-hydroxylation sites is 1. The number of fused-ring (bicyclic) bond motifs is 1. The first-order chi connectivity index (χ1) is 12.5. The molecule has 3 rings (SSSR count). The Morgan fingerprint density at radius 1 is 1.04 bits per heavy atom. The minimum atomic E-state index is -0.745. The molecule has 1 heterocycles. The molecule has 0 aliphatic rings. The van der Waals surface area contributed by atoms with Crippen LogP contribution in [0.1, 0.15) is 21.5 Å². The molecule has 0 bridgehead atoms. The summed E-state index contributed by atoms with van der Waals surface area (Å²) in [5.41, 5.74) is 0.409. The van der Waals surface area contributed by atoms with E-state index in [9.17, 15) is 14.4 Å². The smallest absolute Gasteiger partial charge is 0.347 e. The number of esters is 1. The van der Waals surface area contributed by atoms with Crippen LogP contribution in [-0.4, -0.2) is 18.9 Å². The molecule has 26 heavy (non-hydrogen) atoms. The van der Waals surface area contributed by atoms with Gasteiger partial charge in [-0.05, 0) is 11.6 Å². The molecule has 0 radical (unpaired) electrons. The first-order valence-electron chi connectivity index (χ1n) is 7.93. The molecule has 0 saturated heterocycles. The third-order valence-corrected chi connectivity index (χ3v) is 4.05. The van der Waals surface area contributed by atoms with E-state index in [0.717, 1.165) is 0 Å². The van der Waals surface area contributed by atoms with Crippen molar-refractivity contribution in [2.75, 3.05) is 7.11 Å². The second-order valence-corrected chi connectivity index (χ2v) is 5.71. The zero-order chi connectivity index (χ0) is 18.7. The predicted octanol–water partition coefficient (Wildman–Crippen LogP) is 3.30. The van der Waals surface area contributed by atoms with E-state index in [1.165, 1.54) is 7.11 Å². The fourth-order valence-electron chi connectivity index (χ4n) is 2.79. The van der Waals surface area contributed by atoms with Gasteiger partial charge >= 0.3 is 11.6 Å². The maximum atomic E-state index is 12.9. The summed E-state index contributed by atoms with van der Waals surface area (Å²) in [6.45, 7) is 3.71. The summed E-state index contributed by atoms with van der Waals surface area (Å²) in [7, 11) is 1.25. The summed E-state index contributed by atoms with van der Waals surface area (Å²) in [5.74, 6) is -1.06. The number of carbonyl (C=O) groups is 2. The molecule has 0 aliphatic carbocycles. The van der Waals surface area contributed by atoms with Crippen LogP contribution in [0.5, 0.6) is 0 Å². The van der Waals surface area contributed by atoms with Gasteiger partial charge in [-0.1, -0.05) is 55.1 Å². The molecular formula is C21H16O5. The second kappa shape index (κ2) is 7.19. The van der Waals surface area contributed by atoms with Gasteiger partial charge in [0.15, 0.2) is 0 Å². The van der Waals surface area contributed by atoms with Crippen molar-refractivity contribution in [1.82, 2.24) is 0 Å². The van der Waals surface area contributed by atoms with Crippen molar-refractivity contribution in [3.05, 3.63) is 93.9 Å². The standard InChI is InChI=1S/C21H16O5/c1-13(20(23)25-2)12-16-15-10-6-7-11-17(15)26-21(24)18(16)19(22)14-8-4-3-5-9-14/h3-11H,1,12H2,2H3. The van der Waals surface area contributed by atoms with E-state index >= 15 is 0 Å². The van der Waals surface area contributed by atoms with Gasteiger partial charge in [-0.3, -0.25) is 4.79 Å². The number of hydrogen-bond acceptors (Lipinski definition) is 5. The van der Waals surface area contributed by atoms with E-state index in [0.29, 0.717) is 22.1 Å². The maximum absolute atomic E-state index is 12.9. The van der Waals surface area contributed by atoms with Crippen LogP contribution in [0.4, 0.5) is 0 Å². The van der Waals surface area contributed by atoms with E-state index in [2.05, 4.69) is 11.3 Å². The van der Waals surface area contributed by atoms with Crippen molar-refractivity contribution in [1.29, 1.82) is 0 Å². The van der Waals surface area contributed by atoms with Gasteiger partial charge in [0.25, 0.3) is 0 Å². The molecule has 3 aromatic rings. The summed E-state index contributed by atoms with van der Waals surface area (Å²) < 4.78 is 10.0. The van der Waals surface area contributed by atoms with Crippen LogP contribution in [-0.2, 0) is 16.0 Å². The molecule has 0 spiro atoms. The predicted molar refractivity (Wildman–Crippen MR) is 97.2 cm³/mol. The molecule has 0 unspecified atom stereocenters. The molecule has 1 aromatic heterocycles. The molecule has 130 valence electrons. The molecule has 0 fully saturated rings. The summed E-state index contributed by atoms with van der Waals surface area (Å²) in [6.07, 6.45) is 0.00664. The van der Waals surface area contributed by atoms with Crippen LogP contribution in [0, 0.1) is 0 Å². The molecule has 0 atom stereocenters. The van der Waals surface area contributed by atoms with Gasteiger partial charge in [0.05, 0.1) is 7.11 Å². The lowest BCUT2D eigenvalue weighted by atomic mass is 9.93. The Kier molecular flexibility index (Phi) is 4.80. The molecular weight excluding hydrogens is 332 g/mol. The molecule has 0 saturated carbocycles. The first kappa shape index (κ1) is 17.4. The minimum absolute atomic E-state index is 0.00664. The van der Waals surface area contributed by atoms with Gasteiger partial charge in [-0.2, -0.15) is 0 Å². The molecule has 5 nitrogen and oxygen atoms in total. The normalized spacial score (nSPS) is 10.5. The number of ether oxygens (including phenoxy) is 1. The highest BCUT2D eigenvalue weighted by atomic mass is 16.5. The van der Waals surface area contributed by atoms with Crippen molar-refractivity contribution < 1.29 is 18.7 Å². The van der Waals surface area contributed by atoms with Crippen LogP contribution in [0.2, 0.25) is 0 Å². The van der Waals surface area contributed by atoms with Crippen LogP contribution in [0.25, 0.3) is 11.0 Å². The average molecular weight is 348 g/mol. The Hall–Kier alpha value is -3.47. The average Bonchev–Trinajstić information content (AvgIpc) is 2.67. The first-order valence-corrected chi connectivity index (χ1v) is 7.93. The highest BCUT2D eigenvalue weighted by Crippen LogP contribution is 2.24. The largest absolute Gasteiger partial charge is 0.466 e. The third-order valence-electron chi connectivity index (χ3n) is 4.05. The summed E-state index contributed by atoms with van der Waals surface area (Å²) in [5, 5.41) is 0.580. The van der Waals surface area contributed by atoms with Crippen molar-refractivity contribution in [2.45, 2.75) is 6.42 Å². The summed E-state index contributed by atoms with van der Waals surface area (Å²) in [4.78, 5) is 37.3. The van der Waals surface area contributed by atoms with Crippen LogP contribution in [0.15, 0.2) is 76.0 Å². The highest BCUT2D eigenvalue weighted by molar-refractivity contribution is 6.11. The molecule has 5 heteroatoms. The summed E-state index contributed by atoms with van der Waals surface area (Å²) >= 11 is 0. The van der Waals surface area contributed by atoms with E-state index < -0.39 is 17.4 Å². The fraction of sp³-hybridized carbons (Fsp3) is 0.0952. The van der Waals surface area contributed by atoms with Gasteiger partial charge in [0.2, 0.25) is 5.78 Å². The number of methoxy groups -OCH3 is 1. The Morgan fingerprint density at radius 3 is 2.38 bits per heavy atom. The quantitative estimate of drug-likeness (QED) is 0.306. The van der Waals surface area contributed by atoms with Crippen LogP contribution >= 0.6 is 0 Å². The van der Waals surface area contributed by atoms with Crippen molar-refractivity contribution in [3.8, 4) is 0 Å². The number of ketones is 1. The lowest BCUT2D eigenvalue weighted by molar-refractivity contribution is -0.136. The third kappa shape index (κ3) is 3.19. The number of benzene rings is 2. The highest BCUT2D eigenvalue weighted by Gasteiger charge is 2.23. The van der Waals surface area contributed by atoms with Crippen LogP contribution in [0.3, 0.4) is 0 Å². The van der Waals surface area contributed by atoms with E-state index in [1.54, 1.807) is 54.6 Å². The van der Waals surface area contributed by atoms with Gasteiger partial charge in [-0.15, -0.1) is 0 Å². The van der Waals surface area contributed by atoms with E-state index in [1.807, 2.05) is 0 Å². The van der Waals surface area contributed by atoms with E-state index in [-0.39, 0.29) is 17.6 Å². The van der Waals surface area contributed by atoms with Gasteiger partial charge < -0.3 is 9.15 Å². The van der Waals surface area contributed by atoms with Gasteiger partial charge in [-0.25, -0.2) is 9.59 Å². The van der Waals surface area contributed by atoms with Crippen molar-refractivity contribution >= 4 is 22.7 Å².